The zero-order valence-electron chi connectivity index (χ0n) is 7.29. The highest BCUT2D eigenvalue weighted by Gasteiger charge is 2.56. The molecule has 0 radical (unpaired) electrons. The number of ether oxygens (including phenoxy) is 1. The van der Waals surface area contributed by atoms with Crippen molar-refractivity contribution in [1.29, 1.82) is 0 Å². The molecule has 0 amide bonds. The van der Waals surface area contributed by atoms with Crippen LogP contribution in [0.15, 0.2) is 23.8 Å². The number of allylic oxidation sites excluding steroid dienone is 2. The van der Waals surface area contributed by atoms with Crippen molar-refractivity contribution in [2.24, 2.45) is 5.92 Å². The van der Waals surface area contributed by atoms with Gasteiger partial charge in [0, 0.05) is 0 Å². The molecule has 2 atom stereocenters. The lowest BCUT2D eigenvalue weighted by Crippen LogP contribution is -2.20. The second kappa shape index (κ2) is 1.98. The summed E-state index contributed by atoms with van der Waals surface area (Å²) in [5.74, 6) is 0.591. The highest BCUT2D eigenvalue weighted by Crippen LogP contribution is 2.47. The Kier molecular flexibility index (Phi) is 1.28. The summed E-state index contributed by atoms with van der Waals surface area (Å²) in [6.07, 6.45) is 6.94. The van der Waals surface area contributed by atoms with Crippen molar-refractivity contribution in [3.05, 3.63) is 23.8 Å². The van der Waals surface area contributed by atoms with Gasteiger partial charge >= 0.3 is 0 Å². The minimum atomic E-state index is 0.0690. The van der Waals surface area contributed by atoms with Gasteiger partial charge in [-0.1, -0.05) is 25.5 Å². The van der Waals surface area contributed by atoms with Crippen molar-refractivity contribution >= 4 is 0 Å². The fourth-order valence-electron chi connectivity index (χ4n) is 1.70. The molecule has 1 aliphatic heterocycles. The molecule has 1 heteroatoms. The summed E-state index contributed by atoms with van der Waals surface area (Å²) < 4.78 is 5.63. The van der Waals surface area contributed by atoms with Crippen LogP contribution in [0.3, 0.4) is 0 Å². The Bertz CT molecular complexity index is 237. The van der Waals surface area contributed by atoms with Crippen LogP contribution in [0.5, 0.6) is 0 Å². The van der Waals surface area contributed by atoms with Crippen LogP contribution in [0.2, 0.25) is 0 Å². The number of rotatable bonds is 1. The van der Waals surface area contributed by atoms with Gasteiger partial charge < -0.3 is 4.74 Å². The van der Waals surface area contributed by atoms with E-state index in [1.807, 2.05) is 0 Å². The molecule has 11 heavy (non-hydrogen) atoms. The summed E-state index contributed by atoms with van der Waals surface area (Å²) in [6.45, 7) is 6.53. The van der Waals surface area contributed by atoms with Crippen molar-refractivity contribution < 1.29 is 4.74 Å². The van der Waals surface area contributed by atoms with E-state index in [9.17, 15) is 0 Å². The fraction of sp³-hybridized carbons (Fsp3) is 0.600. The molecule has 2 unspecified atom stereocenters. The fourth-order valence-corrected chi connectivity index (χ4v) is 1.70. The van der Waals surface area contributed by atoms with Gasteiger partial charge in [0.15, 0.2) is 0 Å². The predicted molar refractivity (Wildman–Crippen MR) is 45.3 cm³/mol. The molecule has 0 saturated carbocycles. The van der Waals surface area contributed by atoms with E-state index < -0.39 is 0 Å². The van der Waals surface area contributed by atoms with Crippen molar-refractivity contribution in [3.63, 3.8) is 0 Å². The van der Waals surface area contributed by atoms with Crippen molar-refractivity contribution in [1.82, 2.24) is 0 Å². The van der Waals surface area contributed by atoms with E-state index in [4.69, 9.17) is 4.74 Å². The first-order valence-corrected chi connectivity index (χ1v) is 4.20. The molecule has 2 rings (SSSR count). The summed E-state index contributed by atoms with van der Waals surface area (Å²) in [5, 5.41) is 0. The molecule has 2 aliphatic rings. The van der Waals surface area contributed by atoms with E-state index >= 15 is 0 Å². The van der Waals surface area contributed by atoms with E-state index in [0.717, 1.165) is 0 Å². The Morgan fingerprint density at radius 3 is 2.82 bits per heavy atom. The standard InChI is InChI=1S/C10H14O/c1-7(2)10-5-4-8(3)6-9(10)11-10/h4-7,9H,1-3H3. The smallest absolute Gasteiger partial charge is 0.119 e. The molecular formula is C10H14O. The first kappa shape index (κ1) is 7.11. The Morgan fingerprint density at radius 2 is 2.27 bits per heavy atom. The summed E-state index contributed by atoms with van der Waals surface area (Å²) in [4.78, 5) is 0. The van der Waals surface area contributed by atoms with Gasteiger partial charge in [0.2, 0.25) is 0 Å². The highest BCUT2D eigenvalue weighted by molar-refractivity contribution is 5.36. The molecule has 1 nitrogen and oxygen atoms in total. The Morgan fingerprint density at radius 1 is 1.55 bits per heavy atom. The van der Waals surface area contributed by atoms with E-state index in [-0.39, 0.29) is 5.60 Å². The van der Waals surface area contributed by atoms with Crippen molar-refractivity contribution in [2.45, 2.75) is 32.5 Å². The minimum absolute atomic E-state index is 0.0690. The molecule has 1 heterocycles. The first-order valence-electron chi connectivity index (χ1n) is 4.20. The molecule has 60 valence electrons. The second-order valence-corrected chi connectivity index (χ2v) is 3.79. The third kappa shape index (κ3) is 0.875. The number of epoxide rings is 1. The SMILES string of the molecule is CC1=CC2OC2(C(C)C)C=C1. The first-order chi connectivity index (χ1) is 5.15. The molecule has 0 aromatic carbocycles. The average molecular weight is 150 g/mol. The maximum absolute atomic E-state index is 5.63. The highest BCUT2D eigenvalue weighted by atomic mass is 16.6. The Hall–Kier alpha value is -0.560. The van der Waals surface area contributed by atoms with E-state index in [2.05, 4.69) is 39.0 Å². The van der Waals surface area contributed by atoms with Gasteiger partial charge in [-0.2, -0.15) is 0 Å². The molecule has 1 aliphatic carbocycles. The maximum Gasteiger partial charge on any atom is 0.119 e. The van der Waals surface area contributed by atoms with Crippen LogP contribution in [-0.4, -0.2) is 11.7 Å². The predicted octanol–water partition coefficient (Wildman–Crippen LogP) is 2.30. The molecule has 0 N–H and O–H groups in total. The molecule has 0 aromatic rings. The number of hydrogen-bond donors (Lipinski definition) is 0. The average Bonchev–Trinajstić information content (AvgIpc) is 2.62. The second-order valence-electron chi connectivity index (χ2n) is 3.79. The van der Waals surface area contributed by atoms with Crippen LogP contribution < -0.4 is 0 Å². The van der Waals surface area contributed by atoms with Gasteiger partial charge in [0.1, 0.15) is 11.7 Å². The molecule has 0 aromatic heterocycles. The van der Waals surface area contributed by atoms with Crippen LogP contribution in [0.25, 0.3) is 0 Å². The number of fused-ring (bicyclic) bond motifs is 1. The van der Waals surface area contributed by atoms with Crippen LogP contribution >= 0.6 is 0 Å². The Balaban J connectivity index is 2.23. The van der Waals surface area contributed by atoms with E-state index in [1.165, 1.54) is 5.57 Å². The van der Waals surface area contributed by atoms with Crippen LogP contribution in [0.4, 0.5) is 0 Å². The zero-order chi connectivity index (χ0) is 8.06. The van der Waals surface area contributed by atoms with Crippen LogP contribution in [0, 0.1) is 5.92 Å². The topological polar surface area (TPSA) is 12.5 Å². The molecule has 0 spiro atoms. The lowest BCUT2D eigenvalue weighted by Gasteiger charge is -2.13. The maximum atomic E-state index is 5.63. The molecular weight excluding hydrogens is 136 g/mol. The normalized spacial score (nSPS) is 40.4. The quantitative estimate of drug-likeness (QED) is 0.522. The summed E-state index contributed by atoms with van der Waals surface area (Å²) >= 11 is 0. The summed E-state index contributed by atoms with van der Waals surface area (Å²) in [6, 6.07) is 0. The van der Waals surface area contributed by atoms with Gasteiger partial charge in [-0.15, -0.1) is 0 Å². The lowest BCUT2D eigenvalue weighted by atomic mass is 9.87. The van der Waals surface area contributed by atoms with Crippen LogP contribution in [0.1, 0.15) is 20.8 Å². The van der Waals surface area contributed by atoms with Crippen LogP contribution in [-0.2, 0) is 4.74 Å². The Labute approximate surface area is 67.7 Å². The van der Waals surface area contributed by atoms with E-state index in [1.54, 1.807) is 0 Å². The monoisotopic (exact) mass is 150 g/mol. The lowest BCUT2D eigenvalue weighted by molar-refractivity contribution is 0.285. The van der Waals surface area contributed by atoms with Crippen molar-refractivity contribution in [3.8, 4) is 0 Å². The van der Waals surface area contributed by atoms with Gasteiger partial charge in [0.25, 0.3) is 0 Å². The number of hydrogen-bond acceptors (Lipinski definition) is 1. The van der Waals surface area contributed by atoms with Gasteiger partial charge in [0.05, 0.1) is 0 Å². The zero-order valence-corrected chi connectivity index (χ0v) is 7.29. The molecule has 1 saturated heterocycles. The van der Waals surface area contributed by atoms with E-state index in [0.29, 0.717) is 12.0 Å². The summed E-state index contributed by atoms with van der Waals surface area (Å²) in [7, 11) is 0. The third-order valence-corrected chi connectivity index (χ3v) is 2.64. The summed E-state index contributed by atoms with van der Waals surface area (Å²) in [5.41, 5.74) is 1.39. The molecule has 1 fully saturated rings. The van der Waals surface area contributed by atoms with Gasteiger partial charge in [-0.3, -0.25) is 0 Å². The van der Waals surface area contributed by atoms with Gasteiger partial charge in [-0.25, -0.2) is 0 Å². The molecule has 0 bridgehead atoms. The minimum Gasteiger partial charge on any atom is -0.357 e. The van der Waals surface area contributed by atoms with Crippen molar-refractivity contribution in [2.75, 3.05) is 0 Å². The largest absolute Gasteiger partial charge is 0.357 e. The van der Waals surface area contributed by atoms with Gasteiger partial charge in [-0.05, 0) is 25.0 Å². The third-order valence-electron chi connectivity index (χ3n) is 2.64.